The Morgan fingerprint density at radius 2 is 1.82 bits per heavy atom. The Hall–Kier alpha value is -1.99. The Bertz CT molecular complexity index is 1010. The van der Waals surface area contributed by atoms with Gasteiger partial charge in [-0.05, 0) is 60.9 Å². The molecule has 0 saturated carbocycles. The van der Waals surface area contributed by atoms with Crippen molar-refractivity contribution < 1.29 is 9.47 Å². The number of likely N-dealkylation sites (tertiary alicyclic amines) is 1. The maximum atomic E-state index is 6.41. The lowest BCUT2D eigenvalue weighted by Crippen LogP contribution is -2.43. The number of nitrogens with zero attached hydrogens (tertiary/aromatic N) is 2. The second-order valence-corrected chi connectivity index (χ2v) is 10.7. The van der Waals surface area contributed by atoms with E-state index < -0.39 is 0 Å². The fraction of sp³-hybridized carbons (Fsp3) is 0.500. The van der Waals surface area contributed by atoms with Gasteiger partial charge in [-0.2, -0.15) is 0 Å². The van der Waals surface area contributed by atoms with Crippen LogP contribution in [-0.4, -0.2) is 54.7 Å². The Morgan fingerprint density at radius 3 is 2.62 bits per heavy atom. The molecule has 0 bridgehead atoms. The van der Waals surface area contributed by atoms with Crippen LogP contribution in [-0.2, 0) is 17.9 Å². The maximum absolute atomic E-state index is 6.41. The summed E-state index contributed by atoms with van der Waals surface area (Å²) in [7, 11) is 0. The van der Waals surface area contributed by atoms with Crippen LogP contribution in [0.4, 0.5) is 0 Å². The molecule has 0 amide bonds. The van der Waals surface area contributed by atoms with Gasteiger partial charge in [0, 0.05) is 38.3 Å². The monoisotopic (exact) mass is 479 g/mol. The molecule has 3 heterocycles. The first-order chi connectivity index (χ1) is 16.7. The SMILES string of the molecule is Cc1ccc(OCc2ccc(CN3CCOCC3)cc2C)c(C2=CSC(N3CCCCC3)N2)c1. The molecule has 5 nitrogen and oxygen atoms in total. The van der Waals surface area contributed by atoms with Crippen molar-refractivity contribution >= 4 is 17.5 Å². The van der Waals surface area contributed by atoms with E-state index in [9.17, 15) is 0 Å². The third-order valence-corrected chi connectivity index (χ3v) is 8.09. The van der Waals surface area contributed by atoms with Crippen LogP contribution in [0.25, 0.3) is 5.70 Å². The van der Waals surface area contributed by atoms with E-state index in [1.807, 2.05) is 11.8 Å². The summed E-state index contributed by atoms with van der Waals surface area (Å²) >= 11 is 1.88. The molecule has 1 unspecified atom stereocenters. The molecule has 5 rings (SSSR count). The zero-order valence-electron chi connectivity index (χ0n) is 20.5. The molecule has 34 heavy (non-hydrogen) atoms. The van der Waals surface area contributed by atoms with Gasteiger partial charge in [-0.1, -0.05) is 48.0 Å². The van der Waals surface area contributed by atoms with E-state index in [-0.39, 0.29) is 0 Å². The van der Waals surface area contributed by atoms with Gasteiger partial charge in [-0.25, -0.2) is 0 Å². The molecule has 1 N–H and O–H groups in total. The van der Waals surface area contributed by atoms with E-state index in [2.05, 4.69) is 70.8 Å². The van der Waals surface area contributed by atoms with Gasteiger partial charge in [0.25, 0.3) is 0 Å². The molecule has 0 spiro atoms. The van der Waals surface area contributed by atoms with Crippen LogP contribution >= 0.6 is 11.8 Å². The summed E-state index contributed by atoms with van der Waals surface area (Å²) in [5, 5.41) is 6.03. The minimum atomic E-state index is 0.338. The molecule has 1 atom stereocenters. The highest BCUT2D eigenvalue weighted by molar-refractivity contribution is 8.03. The van der Waals surface area contributed by atoms with Crippen molar-refractivity contribution in [3.63, 3.8) is 0 Å². The molecule has 0 aromatic heterocycles. The average molecular weight is 480 g/mol. The van der Waals surface area contributed by atoms with E-state index in [1.54, 1.807) is 0 Å². The smallest absolute Gasteiger partial charge is 0.132 e. The third-order valence-electron chi connectivity index (χ3n) is 7.04. The van der Waals surface area contributed by atoms with Crippen LogP contribution < -0.4 is 10.1 Å². The van der Waals surface area contributed by atoms with Crippen molar-refractivity contribution in [2.75, 3.05) is 39.4 Å². The molecule has 3 aliphatic rings. The van der Waals surface area contributed by atoms with Crippen LogP contribution in [0.15, 0.2) is 41.8 Å². The topological polar surface area (TPSA) is 37.0 Å². The van der Waals surface area contributed by atoms with Gasteiger partial charge in [0.2, 0.25) is 0 Å². The van der Waals surface area contributed by atoms with Crippen molar-refractivity contribution in [3.8, 4) is 5.75 Å². The van der Waals surface area contributed by atoms with Crippen LogP contribution in [0.3, 0.4) is 0 Å². The van der Waals surface area contributed by atoms with Crippen LogP contribution in [0.2, 0.25) is 0 Å². The molecule has 0 radical (unpaired) electrons. The summed E-state index contributed by atoms with van der Waals surface area (Å²) in [4.78, 5) is 5.03. The normalized spacial score (nSPS) is 21.8. The van der Waals surface area contributed by atoms with Gasteiger partial charge < -0.3 is 14.8 Å². The first kappa shape index (κ1) is 23.7. The van der Waals surface area contributed by atoms with Crippen LogP contribution in [0, 0.1) is 13.8 Å². The maximum Gasteiger partial charge on any atom is 0.132 e. The quantitative estimate of drug-likeness (QED) is 0.594. The van der Waals surface area contributed by atoms with E-state index in [0.717, 1.165) is 44.2 Å². The highest BCUT2D eigenvalue weighted by Crippen LogP contribution is 2.35. The predicted octanol–water partition coefficient (Wildman–Crippen LogP) is 5.12. The second kappa shape index (κ2) is 11.2. The zero-order valence-corrected chi connectivity index (χ0v) is 21.3. The molecule has 6 heteroatoms. The summed E-state index contributed by atoms with van der Waals surface area (Å²) in [5.41, 5.74) is 7.82. The van der Waals surface area contributed by atoms with Crippen molar-refractivity contribution in [2.45, 2.75) is 51.8 Å². The lowest BCUT2D eigenvalue weighted by molar-refractivity contribution is 0.0342. The van der Waals surface area contributed by atoms with E-state index in [1.165, 1.54) is 60.3 Å². The van der Waals surface area contributed by atoms with Gasteiger partial charge in [0.15, 0.2) is 0 Å². The standard InChI is InChI=1S/C28H37N3O2S/c1-21-6-9-27(25(16-21)26-20-34-28(29-26)31-10-4-3-5-11-31)33-19-24-8-7-23(17-22(24)2)18-30-12-14-32-15-13-30/h6-9,16-17,20,28-29H,3-5,10-15,18-19H2,1-2H3. The van der Waals surface area contributed by atoms with Gasteiger partial charge in [-0.15, -0.1) is 0 Å². The molecular weight excluding hydrogens is 442 g/mol. The predicted molar refractivity (Wildman–Crippen MR) is 141 cm³/mol. The molecule has 2 saturated heterocycles. The summed E-state index contributed by atoms with van der Waals surface area (Å²) in [5.74, 6) is 0.945. The largest absolute Gasteiger partial charge is 0.488 e. The minimum absolute atomic E-state index is 0.338. The highest BCUT2D eigenvalue weighted by atomic mass is 32.2. The first-order valence-corrected chi connectivity index (χ1v) is 13.6. The fourth-order valence-corrected chi connectivity index (χ4v) is 6.01. The van der Waals surface area contributed by atoms with Crippen molar-refractivity contribution in [3.05, 3.63) is 69.6 Å². The van der Waals surface area contributed by atoms with Crippen molar-refractivity contribution in [1.29, 1.82) is 0 Å². The molecule has 182 valence electrons. The van der Waals surface area contributed by atoms with Crippen LogP contribution in [0.5, 0.6) is 5.75 Å². The number of aryl methyl sites for hydroxylation is 2. The molecule has 2 fully saturated rings. The number of thioether (sulfide) groups is 1. The minimum Gasteiger partial charge on any atom is -0.488 e. The Kier molecular flexibility index (Phi) is 7.80. The molecule has 2 aromatic carbocycles. The number of hydrogen-bond acceptors (Lipinski definition) is 6. The molecular formula is C28H37N3O2S. The van der Waals surface area contributed by atoms with Crippen LogP contribution in [0.1, 0.15) is 47.1 Å². The number of morpholine rings is 1. The molecule has 2 aromatic rings. The first-order valence-electron chi connectivity index (χ1n) is 12.6. The highest BCUT2D eigenvalue weighted by Gasteiger charge is 2.26. The number of benzene rings is 2. The summed E-state index contributed by atoms with van der Waals surface area (Å²) in [6.45, 7) is 12.0. The summed E-state index contributed by atoms with van der Waals surface area (Å²) < 4.78 is 11.9. The average Bonchev–Trinajstić information content (AvgIpc) is 3.36. The third kappa shape index (κ3) is 5.80. The van der Waals surface area contributed by atoms with Gasteiger partial charge in [0.1, 0.15) is 17.9 Å². The summed E-state index contributed by atoms with van der Waals surface area (Å²) in [6, 6.07) is 13.3. The van der Waals surface area contributed by atoms with Crippen molar-refractivity contribution in [2.24, 2.45) is 0 Å². The van der Waals surface area contributed by atoms with E-state index in [0.29, 0.717) is 12.1 Å². The second-order valence-electron chi connectivity index (χ2n) is 9.70. The Balaban J connectivity index is 1.24. The van der Waals surface area contributed by atoms with Gasteiger partial charge in [0.05, 0.1) is 18.9 Å². The van der Waals surface area contributed by atoms with E-state index in [4.69, 9.17) is 9.47 Å². The molecule has 3 aliphatic heterocycles. The summed E-state index contributed by atoms with van der Waals surface area (Å²) in [6.07, 6.45) is 3.96. The number of nitrogens with one attached hydrogen (secondary N) is 1. The lowest BCUT2D eigenvalue weighted by Gasteiger charge is -2.32. The van der Waals surface area contributed by atoms with Gasteiger partial charge >= 0.3 is 0 Å². The van der Waals surface area contributed by atoms with E-state index >= 15 is 0 Å². The fourth-order valence-electron chi connectivity index (χ4n) is 4.98. The number of hydrogen-bond donors (Lipinski definition) is 1. The Labute approximate surface area is 208 Å². The number of rotatable bonds is 7. The number of piperidine rings is 1. The lowest BCUT2D eigenvalue weighted by atomic mass is 10.0. The zero-order chi connectivity index (χ0) is 23.3. The van der Waals surface area contributed by atoms with Crippen molar-refractivity contribution in [1.82, 2.24) is 15.1 Å². The number of ether oxygens (including phenoxy) is 2. The Morgan fingerprint density at radius 1 is 1.00 bits per heavy atom. The van der Waals surface area contributed by atoms with Gasteiger partial charge in [-0.3, -0.25) is 9.80 Å². The molecule has 0 aliphatic carbocycles.